The van der Waals surface area contributed by atoms with Crippen molar-refractivity contribution in [3.8, 4) is 0 Å². The van der Waals surface area contributed by atoms with Crippen LogP contribution < -0.4 is 15.5 Å². The summed E-state index contributed by atoms with van der Waals surface area (Å²) in [5.41, 5.74) is -2.19. The molecule has 0 unspecified atom stereocenters. The molecule has 3 amide bonds. The zero-order valence-electron chi connectivity index (χ0n) is 22.9. The van der Waals surface area contributed by atoms with E-state index >= 15 is 0 Å². The van der Waals surface area contributed by atoms with Crippen molar-refractivity contribution in [2.45, 2.75) is 75.7 Å². The Labute approximate surface area is 242 Å². The molecule has 10 heteroatoms. The first-order chi connectivity index (χ1) is 19.6. The Balaban J connectivity index is 1.42. The Morgan fingerprint density at radius 1 is 1.02 bits per heavy atom. The summed E-state index contributed by atoms with van der Waals surface area (Å²) in [5.74, 6) is -5.78. The van der Waals surface area contributed by atoms with Gasteiger partial charge in [0.25, 0.3) is 0 Å². The number of aryl methyl sites for hydroxylation is 1. The Bertz CT molecular complexity index is 1440. The van der Waals surface area contributed by atoms with Crippen LogP contribution in [-0.2, 0) is 19.1 Å². The average Bonchev–Trinajstić information content (AvgIpc) is 3.38. The summed E-state index contributed by atoms with van der Waals surface area (Å²) in [7, 11) is 0. The van der Waals surface area contributed by atoms with Gasteiger partial charge in [-0.25, -0.2) is 8.78 Å². The van der Waals surface area contributed by atoms with Gasteiger partial charge in [0.05, 0.1) is 17.4 Å². The van der Waals surface area contributed by atoms with Crippen molar-refractivity contribution < 1.29 is 27.9 Å². The highest BCUT2D eigenvalue weighted by Crippen LogP contribution is 2.60. The van der Waals surface area contributed by atoms with Crippen LogP contribution in [0.5, 0.6) is 0 Å². The number of benzene rings is 2. The van der Waals surface area contributed by atoms with Gasteiger partial charge >= 0.3 is 0 Å². The number of ether oxygens (including phenoxy) is 1. The molecule has 6 rings (SSSR count). The normalized spacial score (nSPS) is 30.8. The summed E-state index contributed by atoms with van der Waals surface area (Å²) in [6.07, 6.45) is 9.29. The second-order valence-electron chi connectivity index (χ2n) is 11.8. The van der Waals surface area contributed by atoms with E-state index in [-0.39, 0.29) is 11.9 Å². The maximum atomic E-state index is 14.5. The first kappa shape index (κ1) is 27.8. The van der Waals surface area contributed by atoms with Gasteiger partial charge in [0, 0.05) is 16.8 Å². The van der Waals surface area contributed by atoms with Gasteiger partial charge in [0.15, 0.2) is 0 Å². The van der Waals surface area contributed by atoms with Gasteiger partial charge in [-0.2, -0.15) is 0 Å². The van der Waals surface area contributed by atoms with E-state index in [0.29, 0.717) is 16.3 Å². The van der Waals surface area contributed by atoms with Gasteiger partial charge in [0.1, 0.15) is 29.0 Å². The number of amides is 3. The number of nitrogens with one attached hydrogen (secondary N) is 2. The molecule has 3 fully saturated rings. The highest BCUT2D eigenvalue weighted by molar-refractivity contribution is 6.31. The lowest BCUT2D eigenvalue weighted by Crippen LogP contribution is -2.56. The number of halogens is 3. The molecule has 1 spiro atoms. The third-order valence-electron chi connectivity index (χ3n) is 9.07. The van der Waals surface area contributed by atoms with E-state index in [4.69, 9.17) is 16.3 Å². The molecule has 3 aliphatic heterocycles. The molecule has 7 nitrogen and oxygen atoms in total. The smallest absolute Gasteiger partial charge is 0.246 e. The van der Waals surface area contributed by atoms with Crippen LogP contribution in [0.4, 0.5) is 20.2 Å². The molecule has 216 valence electrons. The molecule has 2 aromatic carbocycles. The van der Waals surface area contributed by atoms with Crippen molar-refractivity contribution >= 4 is 40.7 Å². The molecule has 2 bridgehead atoms. The maximum Gasteiger partial charge on any atom is 0.246 e. The minimum absolute atomic E-state index is 0.0424. The fourth-order valence-electron chi connectivity index (χ4n) is 7.16. The van der Waals surface area contributed by atoms with Crippen molar-refractivity contribution in [3.63, 3.8) is 0 Å². The monoisotopic (exact) mass is 583 g/mol. The molecule has 5 atom stereocenters. The zero-order chi connectivity index (χ0) is 29.1. The molecule has 1 aliphatic carbocycles. The minimum Gasteiger partial charge on any atom is -0.356 e. The number of hydrogen-bond acceptors (Lipinski definition) is 4. The third kappa shape index (κ3) is 4.45. The van der Waals surface area contributed by atoms with E-state index in [9.17, 15) is 23.2 Å². The van der Waals surface area contributed by atoms with Crippen LogP contribution in [0, 0.1) is 30.4 Å². The number of carbonyl (C=O) groups is 3. The molecule has 3 heterocycles. The summed E-state index contributed by atoms with van der Waals surface area (Å²) in [6.45, 7) is 3.46. The summed E-state index contributed by atoms with van der Waals surface area (Å²) < 4.78 is 35.5. The second-order valence-corrected chi connectivity index (χ2v) is 12.2. The molecule has 0 aromatic heterocycles. The number of carbonyl (C=O) groups excluding carboxylic acids is 3. The zero-order valence-corrected chi connectivity index (χ0v) is 23.6. The lowest BCUT2D eigenvalue weighted by Gasteiger charge is -2.34. The SMILES string of the molecule is Cc1ccc(Cl)cc1N1C(=O)[C@@H]2[C@H](C(=O)Nc3c(F)cccc3F)[C@]3(C)C=C[C@@]2(O3)[C@H]1C(=O)NC1CCCCCC1. The Morgan fingerprint density at radius 2 is 1.71 bits per heavy atom. The van der Waals surface area contributed by atoms with Crippen LogP contribution in [0.15, 0.2) is 48.6 Å². The number of fused-ring (bicyclic) bond motifs is 1. The molecule has 1 saturated carbocycles. The van der Waals surface area contributed by atoms with E-state index in [0.717, 1.165) is 50.7 Å². The van der Waals surface area contributed by atoms with Gasteiger partial charge in [-0.3, -0.25) is 19.3 Å². The maximum absolute atomic E-state index is 14.5. The standard InChI is InChI=1S/C31H32ClF2N3O4/c1-17-12-13-18(32)16-22(17)37-26(28(39)35-19-8-5-3-4-6-9-19)31-15-14-30(2,41-31)23(24(31)29(37)40)27(38)36-25-20(33)10-7-11-21(25)34/h7,10-16,19,23-24,26H,3-6,8-9H2,1-2H3,(H,35,39)(H,36,38)/t23-,24+,26-,30+,31+/m1/s1. The number of rotatable bonds is 5. The van der Waals surface area contributed by atoms with E-state index in [1.807, 2.05) is 6.92 Å². The van der Waals surface area contributed by atoms with Crippen molar-refractivity contribution in [1.29, 1.82) is 0 Å². The van der Waals surface area contributed by atoms with Crippen LogP contribution in [-0.4, -0.2) is 41.0 Å². The fraction of sp³-hybridized carbons (Fsp3) is 0.452. The lowest BCUT2D eigenvalue weighted by atomic mass is 9.70. The van der Waals surface area contributed by atoms with E-state index < -0.39 is 58.2 Å². The summed E-state index contributed by atoms with van der Waals surface area (Å²) >= 11 is 6.34. The predicted octanol–water partition coefficient (Wildman–Crippen LogP) is 5.45. The third-order valence-corrected chi connectivity index (χ3v) is 9.31. The number of para-hydroxylation sites is 1. The summed E-state index contributed by atoms with van der Waals surface area (Å²) in [5, 5.41) is 5.92. The highest BCUT2D eigenvalue weighted by atomic mass is 35.5. The van der Waals surface area contributed by atoms with E-state index in [1.165, 1.54) is 11.0 Å². The van der Waals surface area contributed by atoms with Crippen LogP contribution in [0.2, 0.25) is 5.02 Å². The number of hydrogen-bond donors (Lipinski definition) is 2. The van der Waals surface area contributed by atoms with E-state index in [2.05, 4.69) is 10.6 Å². The van der Waals surface area contributed by atoms with Gasteiger partial charge in [0.2, 0.25) is 17.7 Å². The first-order valence-electron chi connectivity index (χ1n) is 14.1. The molecule has 4 aliphatic rings. The largest absolute Gasteiger partial charge is 0.356 e. The van der Waals surface area contributed by atoms with Crippen LogP contribution in [0.1, 0.15) is 51.0 Å². The topological polar surface area (TPSA) is 87.7 Å². The van der Waals surface area contributed by atoms with Crippen molar-refractivity contribution in [2.24, 2.45) is 11.8 Å². The predicted molar refractivity (Wildman–Crippen MR) is 150 cm³/mol. The van der Waals surface area contributed by atoms with Crippen molar-refractivity contribution in [3.05, 3.63) is 70.8 Å². The molecule has 2 aromatic rings. The quantitative estimate of drug-likeness (QED) is 0.362. The molecule has 2 N–H and O–H groups in total. The molecular formula is C31H32ClF2N3O4. The van der Waals surface area contributed by atoms with Gasteiger partial charge in [-0.15, -0.1) is 0 Å². The van der Waals surface area contributed by atoms with Crippen molar-refractivity contribution in [2.75, 3.05) is 10.2 Å². The Morgan fingerprint density at radius 3 is 2.39 bits per heavy atom. The van der Waals surface area contributed by atoms with Crippen LogP contribution in [0.25, 0.3) is 0 Å². The highest BCUT2D eigenvalue weighted by Gasteiger charge is 2.76. The molecule has 0 radical (unpaired) electrons. The van der Waals surface area contributed by atoms with Gasteiger partial charge < -0.3 is 15.4 Å². The lowest BCUT2D eigenvalue weighted by molar-refractivity contribution is -0.131. The van der Waals surface area contributed by atoms with Crippen LogP contribution in [0.3, 0.4) is 0 Å². The van der Waals surface area contributed by atoms with Crippen LogP contribution >= 0.6 is 11.6 Å². The number of anilines is 2. The molecule has 41 heavy (non-hydrogen) atoms. The summed E-state index contributed by atoms with van der Waals surface area (Å²) in [4.78, 5) is 43.7. The first-order valence-corrected chi connectivity index (χ1v) is 14.5. The molecule has 2 saturated heterocycles. The van der Waals surface area contributed by atoms with Crippen molar-refractivity contribution in [1.82, 2.24) is 5.32 Å². The second kappa shape index (κ2) is 10.2. The minimum atomic E-state index is -1.47. The van der Waals surface area contributed by atoms with Gasteiger partial charge in [-0.1, -0.05) is 61.6 Å². The van der Waals surface area contributed by atoms with Gasteiger partial charge in [-0.05, 0) is 56.5 Å². The Hall–Kier alpha value is -3.30. The Kier molecular flexibility index (Phi) is 6.93. The summed E-state index contributed by atoms with van der Waals surface area (Å²) in [6, 6.07) is 7.19. The number of nitrogens with zero attached hydrogens (tertiary/aromatic N) is 1. The average molecular weight is 584 g/mol. The molecular weight excluding hydrogens is 552 g/mol. The van der Waals surface area contributed by atoms with E-state index in [1.54, 1.807) is 37.3 Å². The fourth-order valence-corrected chi connectivity index (χ4v) is 7.32.